The van der Waals surface area contributed by atoms with E-state index in [1.54, 1.807) is 0 Å². The average molecular weight is 1680 g/mol. The molecule has 2 heterocycles. The minimum atomic E-state index is -0.566. The number of fused-ring (bicyclic) bond motifs is 12. The molecule has 21 aromatic carbocycles. The van der Waals surface area contributed by atoms with Gasteiger partial charge < -0.3 is 18.9 Å². The molecule has 4 nitrogen and oxygen atoms in total. The van der Waals surface area contributed by atoms with Gasteiger partial charge in [0.2, 0.25) is 0 Å². The third-order valence-corrected chi connectivity index (χ3v) is 27.4. The van der Waals surface area contributed by atoms with Crippen molar-refractivity contribution in [3.63, 3.8) is 0 Å². The predicted molar refractivity (Wildman–Crippen MR) is 553 cm³/mol. The van der Waals surface area contributed by atoms with E-state index in [0.29, 0.717) is 0 Å². The molecule has 620 valence electrons. The lowest BCUT2D eigenvalue weighted by molar-refractivity contribution is 0.762. The summed E-state index contributed by atoms with van der Waals surface area (Å²) in [5, 5.41) is 4.91. The van der Waals surface area contributed by atoms with Crippen molar-refractivity contribution in [3.8, 4) is 89.3 Å². The maximum atomic E-state index is 2.55. The molecule has 25 rings (SSSR count). The first-order valence-corrected chi connectivity index (χ1v) is 45.6. The number of benzene rings is 21. The van der Waals surface area contributed by atoms with Gasteiger partial charge in [0, 0.05) is 66.5 Å². The van der Waals surface area contributed by atoms with Gasteiger partial charge in [0.25, 0.3) is 0 Å². The summed E-state index contributed by atoms with van der Waals surface area (Å²) in [5.74, 6) is 0. The first kappa shape index (κ1) is 78.3. The number of aromatic nitrogens is 2. The van der Waals surface area contributed by atoms with Gasteiger partial charge in [0.15, 0.2) is 0 Å². The van der Waals surface area contributed by atoms with E-state index in [-0.39, 0.29) is 0 Å². The van der Waals surface area contributed by atoms with Crippen LogP contribution in [0, 0.1) is 0 Å². The summed E-state index contributed by atoms with van der Waals surface area (Å²) in [4.78, 5) is 4.76. The maximum Gasteiger partial charge on any atom is 0.0734 e. The summed E-state index contributed by atoms with van der Waals surface area (Å²) in [7, 11) is 0. The van der Waals surface area contributed by atoms with Crippen LogP contribution in [0.25, 0.3) is 133 Å². The highest BCUT2D eigenvalue weighted by Crippen LogP contribution is 2.61. The Labute approximate surface area is 769 Å². The Morgan fingerprint density at radius 3 is 0.803 bits per heavy atom. The Morgan fingerprint density at radius 1 is 0.159 bits per heavy atom. The Hall–Kier alpha value is -17.2. The normalized spacial score (nSPS) is 12.5. The average Bonchev–Trinajstić information content (AvgIpc) is 1.52. The fourth-order valence-corrected chi connectivity index (χ4v) is 21.9. The van der Waals surface area contributed by atoms with Gasteiger partial charge in [-0.05, 0) is 197 Å². The lowest BCUT2D eigenvalue weighted by Crippen LogP contribution is -2.29. The summed E-state index contributed by atoms with van der Waals surface area (Å²) in [5.41, 5.74) is 39.6. The second-order valence-electron chi connectivity index (χ2n) is 34.3. The van der Waals surface area contributed by atoms with Crippen molar-refractivity contribution >= 4 is 77.7 Å². The van der Waals surface area contributed by atoms with E-state index < -0.39 is 10.8 Å². The second-order valence-corrected chi connectivity index (χ2v) is 34.3. The van der Waals surface area contributed by atoms with Gasteiger partial charge in [-0.1, -0.05) is 437 Å². The summed E-state index contributed by atoms with van der Waals surface area (Å²) in [6, 6.07) is 195. The van der Waals surface area contributed by atoms with Crippen molar-refractivity contribution in [1.29, 1.82) is 0 Å². The van der Waals surface area contributed by atoms with Gasteiger partial charge >= 0.3 is 0 Å². The second kappa shape index (κ2) is 33.2. The molecular weight excluding hydrogens is 1590 g/mol. The molecule has 0 atom stereocenters. The molecule has 0 N–H and O–H groups in total. The van der Waals surface area contributed by atoms with Crippen molar-refractivity contribution in [1.82, 2.24) is 9.13 Å². The van der Waals surface area contributed by atoms with Crippen LogP contribution in [0.1, 0.15) is 44.5 Å². The van der Waals surface area contributed by atoms with Crippen molar-refractivity contribution in [3.05, 3.63) is 578 Å². The SMILES string of the molecule is c1ccc(-c2ccc(N(c3ccccc3)c3ccccc3-c3ccccc3-c3ccc4c5ccccc5n(-c5cccc6c5C(c5ccccc5)(c5ccccc5)c5ccccc5-6)c4c3)cc2)cc1.c1ccc(N(c2ccccc2)c2ccccc2-c2ccccc2-c2ccc3c4ccccc4n(-c4cccc5c4C(c4ccccc4)(c4ccccc4)c4ccccc4-5)c3c2)cc1. The molecule has 0 unspecified atom stereocenters. The van der Waals surface area contributed by atoms with E-state index in [1.165, 1.54) is 155 Å². The molecule has 0 amide bonds. The van der Waals surface area contributed by atoms with Crippen LogP contribution in [0.3, 0.4) is 0 Å². The van der Waals surface area contributed by atoms with E-state index in [4.69, 9.17) is 0 Å². The standard InChI is InChI=1S/C67H46N2.C61H42N2/c1-5-22-47(23-6-1)48-40-43-53(44-41-48)68(52-28-11-4-12-29-52)62-37-19-16-33-57(62)55-31-14-13-30-54(55)49-42-45-59-58-34-17-20-38-63(58)69(65(59)46-49)64-39-21-35-60-56-32-15-18-36-61(56)67(66(60)64,50-24-7-2-8-25-50)51-26-9-3-10-27-51;1-5-22-44(23-6-1)61(45-24-7-2-8-25-45)55-36-18-15-32-50(55)54-35-21-39-58(60(54)61)63-57-38-20-17-34-52(57)53-41-40-43(42-59(53)63)48-30-13-14-31-49(48)51-33-16-19-37-56(51)62(46-26-9-3-10-27-46)47-28-11-4-12-29-47/h1-46H;1-42H. The molecular formula is C128H88N4. The van der Waals surface area contributed by atoms with Crippen LogP contribution in [0.15, 0.2) is 534 Å². The predicted octanol–water partition coefficient (Wildman–Crippen LogP) is 33.6. The lowest BCUT2D eigenvalue weighted by Gasteiger charge is -2.35. The fraction of sp³-hybridized carbons (Fsp3) is 0.0156. The van der Waals surface area contributed by atoms with Crippen molar-refractivity contribution in [2.24, 2.45) is 0 Å². The molecule has 23 aromatic rings. The molecule has 0 saturated heterocycles. The number of rotatable bonds is 17. The Morgan fingerprint density at radius 2 is 0.424 bits per heavy atom. The Bertz CT molecular complexity index is 8110. The minimum Gasteiger partial charge on any atom is -0.310 e. The van der Waals surface area contributed by atoms with E-state index in [1.807, 2.05) is 0 Å². The number of anilines is 6. The zero-order valence-corrected chi connectivity index (χ0v) is 72.6. The van der Waals surface area contributed by atoms with Gasteiger partial charge in [-0.3, -0.25) is 0 Å². The summed E-state index contributed by atoms with van der Waals surface area (Å²) >= 11 is 0. The van der Waals surface area contributed by atoms with Crippen LogP contribution in [0.4, 0.5) is 34.1 Å². The maximum absolute atomic E-state index is 2.55. The van der Waals surface area contributed by atoms with E-state index in [0.717, 1.165) is 56.4 Å². The van der Waals surface area contributed by atoms with E-state index >= 15 is 0 Å². The van der Waals surface area contributed by atoms with Gasteiger partial charge in [-0.2, -0.15) is 0 Å². The van der Waals surface area contributed by atoms with Gasteiger partial charge in [-0.25, -0.2) is 0 Å². The largest absolute Gasteiger partial charge is 0.310 e. The van der Waals surface area contributed by atoms with Crippen LogP contribution in [-0.4, -0.2) is 9.13 Å². The van der Waals surface area contributed by atoms with Crippen molar-refractivity contribution < 1.29 is 0 Å². The molecule has 0 bridgehead atoms. The summed E-state index contributed by atoms with van der Waals surface area (Å²) < 4.78 is 5.09. The molecule has 0 aliphatic heterocycles. The summed E-state index contributed by atoms with van der Waals surface area (Å²) in [6.45, 7) is 0. The minimum absolute atomic E-state index is 0.556. The topological polar surface area (TPSA) is 16.3 Å². The highest BCUT2D eigenvalue weighted by Gasteiger charge is 2.50. The van der Waals surface area contributed by atoms with Crippen molar-refractivity contribution in [2.75, 3.05) is 9.80 Å². The van der Waals surface area contributed by atoms with Crippen molar-refractivity contribution in [2.45, 2.75) is 10.8 Å². The first-order valence-electron chi connectivity index (χ1n) is 45.6. The fourth-order valence-electron chi connectivity index (χ4n) is 21.9. The Kier molecular flexibility index (Phi) is 19.7. The van der Waals surface area contributed by atoms with Gasteiger partial charge in [0.05, 0.1) is 55.6 Å². The van der Waals surface area contributed by atoms with E-state index in [2.05, 4.69) is 553 Å². The smallest absolute Gasteiger partial charge is 0.0734 e. The molecule has 2 aliphatic carbocycles. The van der Waals surface area contributed by atoms with Crippen LogP contribution in [-0.2, 0) is 10.8 Å². The number of hydrogen-bond acceptors (Lipinski definition) is 2. The molecule has 0 fully saturated rings. The molecule has 0 radical (unpaired) electrons. The van der Waals surface area contributed by atoms with Crippen LogP contribution >= 0.6 is 0 Å². The lowest BCUT2D eigenvalue weighted by atomic mass is 9.67. The van der Waals surface area contributed by atoms with Gasteiger partial charge in [-0.15, -0.1) is 0 Å². The quantitative estimate of drug-likeness (QED) is 0.0903. The molecule has 132 heavy (non-hydrogen) atoms. The molecule has 4 heteroatoms. The number of hydrogen-bond donors (Lipinski definition) is 0. The highest BCUT2D eigenvalue weighted by atomic mass is 15.2. The highest BCUT2D eigenvalue weighted by molar-refractivity contribution is 6.13. The molecule has 2 aromatic heterocycles. The first-order chi connectivity index (χ1) is 65.6. The monoisotopic (exact) mass is 1680 g/mol. The third-order valence-electron chi connectivity index (χ3n) is 27.4. The van der Waals surface area contributed by atoms with Gasteiger partial charge in [0.1, 0.15) is 0 Å². The zero-order valence-electron chi connectivity index (χ0n) is 72.6. The third kappa shape index (κ3) is 12.9. The number of para-hydroxylation sites is 7. The summed E-state index contributed by atoms with van der Waals surface area (Å²) in [6.07, 6.45) is 0. The zero-order chi connectivity index (χ0) is 87.5. The number of nitrogens with zero attached hydrogens (tertiary/aromatic N) is 4. The molecule has 2 aliphatic rings. The van der Waals surface area contributed by atoms with E-state index in [9.17, 15) is 0 Å². The Balaban J connectivity index is 0.000000146. The van der Waals surface area contributed by atoms with Crippen LogP contribution < -0.4 is 9.80 Å². The molecule has 0 saturated carbocycles. The van der Waals surface area contributed by atoms with Crippen LogP contribution in [0.2, 0.25) is 0 Å². The molecule has 0 spiro atoms. The van der Waals surface area contributed by atoms with Crippen LogP contribution in [0.5, 0.6) is 0 Å².